The van der Waals surface area contributed by atoms with E-state index in [0.717, 1.165) is 0 Å². The van der Waals surface area contributed by atoms with Gasteiger partial charge < -0.3 is 25.2 Å². The van der Waals surface area contributed by atoms with Crippen molar-refractivity contribution in [3.63, 3.8) is 0 Å². The minimum Gasteiger partial charge on any atom is -0.479 e. The van der Waals surface area contributed by atoms with Gasteiger partial charge in [-0.25, -0.2) is 9.59 Å². The maximum Gasteiger partial charge on any atom is 0.332 e. The van der Waals surface area contributed by atoms with Crippen LogP contribution in [0.3, 0.4) is 0 Å². The smallest absolute Gasteiger partial charge is 0.332 e. The second-order valence-electron chi connectivity index (χ2n) is 5.09. The Morgan fingerprint density at radius 1 is 1.50 bits per heavy atom. The van der Waals surface area contributed by atoms with Gasteiger partial charge in [0, 0.05) is 20.1 Å². The third-order valence-corrected chi connectivity index (χ3v) is 2.74. The number of carboxylic acids is 1. The number of nitrogens with one attached hydrogen (secondary N) is 2. The first-order valence-electron chi connectivity index (χ1n) is 5.72. The van der Waals surface area contributed by atoms with E-state index in [1.165, 1.54) is 7.11 Å². The van der Waals surface area contributed by atoms with E-state index in [9.17, 15) is 9.59 Å². The number of ether oxygens (including phenoxy) is 2. The molecule has 1 aliphatic heterocycles. The van der Waals surface area contributed by atoms with Crippen molar-refractivity contribution in [1.82, 2.24) is 10.6 Å². The SMILES string of the molecule is COCC(C)(C)NC(=O)NC1(C(=O)O)CCOC1. The molecule has 2 amide bonds. The van der Waals surface area contributed by atoms with Crippen molar-refractivity contribution in [2.24, 2.45) is 0 Å². The number of carbonyl (C=O) groups excluding carboxylic acids is 1. The van der Waals surface area contributed by atoms with E-state index in [-0.39, 0.29) is 13.0 Å². The van der Waals surface area contributed by atoms with E-state index in [1.54, 1.807) is 13.8 Å². The molecule has 1 rings (SSSR count). The first-order chi connectivity index (χ1) is 8.31. The van der Waals surface area contributed by atoms with E-state index in [4.69, 9.17) is 14.6 Å². The Bertz CT molecular complexity index is 323. The highest BCUT2D eigenvalue weighted by molar-refractivity contribution is 5.87. The molecule has 0 radical (unpaired) electrons. The Morgan fingerprint density at radius 3 is 2.61 bits per heavy atom. The van der Waals surface area contributed by atoms with Crippen molar-refractivity contribution in [2.75, 3.05) is 26.9 Å². The van der Waals surface area contributed by atoms with Gasteiger partial charge in [-0.15, -0.1) is 0 Å². The first-order valence-corrected chi connectivity index (χ1v) is 5.72. The lowest BCUT2D eigenvalue weighted by atomic mass is 9.99. The zero-order chi connectivity index (χ0) is 13.8. The van der Waals surface area contributed by atoms with Crippen molar-refractivity contribution in [1.29, 1.82) is 0 Å². The maximum absolute atomic E-state index is 11.8. The van der Waals surface area contributed by atoms with Crippen molar-refractivity contribution >= 4 is 12.0 Å². The molecule has 0 saturated carbocycles. The van der Waals surface area contributed by atoms with Gasteiger partial charge in [0.1, 0.15) is 0 Å². The summed E-state index contributed by atoms with van der Waals surface area (Å²) in [5.74, 6) is -1.08. The molecule has 0 aromatic heterocycles. The standard InChI is InChI=1S/C11H20N2O5/c1-10(2,6-17-3)12-9(16)13-11(8(14)15)4-5-18-7-11/h4-7H2,1-3H3,(H,14,15)(H2,12,13,16). The largest absolute Gasteiger partial charge is 0.479 e. The lowest BCUT2D eigenvalue weighted by Gasteiger charge is -2.29. The fourth-order valence-corrected chi connectivity index (χ4v) is 1.84. The first kappa shape index (κ1) is 14.7. The lowest BCUT2D eigenvalue weighted by molar-refractivity contribution is -0.144. The number of urea groups is 1. The number of carbonyl (C=O) groups is 2. The fraction of sp³-hybridized carbons (Fsp3) is 0.818. The molecule has 104 valence electrons. The zero-order valence-corrected chi connectivity index (χ0v) is 10.9. The molecule has 0 aromatic rings. The van der Waals surface area contributed by atoms with E-state index in [0.29, 0.717) is 13.2 Å². The molecule has 1 heterocycles. The molecule has 0 aliphatic carbocycles. The van der Waals surface area contributed by atoms with Gasteiger partial charge in [0.25, 0.3) is 0 Å². The van der Waals surface area contributed by atoms with Crippen molar-refractivity contribution in [2.45, 2.75) is 31.3 Å². The number of methoxy groups -OCH3 is 1. The van der Waals surface area contributed by atoms with Gasteiger partial charge >= 0.3 is 12.0 Å². The molecule has 7 heteroatoms. The van der Waals surface area contributed by atoms with Gasteiger partial charge in [-0.1, -0.05) is 0 Å². The fourth-order valence-electron chi connectivity index (χ4n) is 1.84. The molecular formula is C11H20N2O5. The Morgan fingerprint density at radius 2 is 2.17 bits per heavy atom. The molecule has 1 fully saturated rings. The summed E-state index contributed by atoms with van der Waals surface area (Å²) in [5, 5.41) is 14.3. The van der Waals surface area contributed by atoms with Gasteiger partial charge in [0.05, 0.1) is 18.8 Å². The highest BCUT2D eigenvalue weighted by Gasteiger charge is 2.44. The number of hydrogen-bond donors (Lipinski definition) is 3. The number of rotatable bonds is 5. The monoisotopic (exact) mass is 260 g/mol. The Kier molecular flexibility index (Phi) is 4.53. The Balaban J connectivity index is 2.60. The van der Waals surface area contributed by atoms with Crippen molar-refractivity contribution < 1.29 is 24.2 Å². The summed E-state index contributed by atoms with van der Waals surface area (Å²) in [7, 11) is 1.53. The molecule has 0 bridgehead atoms. The minimum atomic E-state index is -1.33. The second kappa shape index (κ2) is 5.53. The molecular weight excluding hydrogens is 240 g/mol. The predicted molar refractivity (Wildman–Crippen MR) is 63.4 cm³/mol. The third kappa shape index (κ3) is 3.58. The van der Waals surface area contributed by atoms with Crippen LogP contribution >= 0.6 is 0 Å². The summed E-state index contributed by atoms with van der Waals surface area (Å²) in [4.78, 5) is 23.0. The van der Waals surface area contributed by atoms with Gasteiger partial charge in [-0.3, -0.25) is 0 Å². The molecule has 3 N–H and O–H groups in total. The highest BCUT2D eigenvalue weighted by Crippen LogP contribution is 2.19. The van der Waals surface area contributed by atoms with Gasteiger partial charge in [0.2, 0.25) is 0 Å². The molecule has 1 saturated heterocycles. The quantitative estimate of drug-likeness (QED) is 0.644. The van der Waals surface area contributed by atoms with Crippen LogP contribution < -0.4 is 10.6 Å². The average Bonchev–Trinajstić information content (AvgIpc) is 2.65. The summed E-state index contributed by atoms with van der Waals surface area (Å²) in [5.41, 5.74) is -1.90. The Labute approximate surface area is 106 Å². The molecule has 1 atom stereocenters. The maximum atomic E-state index is 11.8. The zero-order valence-electron chi connectivity index (χ0n) is 10.9. The number of amides is 2. The van der Waals surface area contributed by atoms with E-state index >= 15 is 0 Å². The third-order valence-electron chi connectivity index (χ3n) is 2.74. The van der Waals surface area contributed by atoms with E-state index < -0.39 is 23.1 Å². The summed E-state index contributed by atoms with van der Waals surface area (Å²) >= 11 is 0. The summed E-state index contributed by atoms with van der Waals surface area (Å²) in [6.45, 7) is 4.22. The highest BCUT2D eigenvalue weighted by atomic mass is 16.5. The van der Waals surface area contributed by atoms with Crippen LogP contribution in [0.2, 0.25) is 0 Å². The number of hydrogen-bond acceptors (Lipinski definition) is 4. The minimum absolute atomic E-state index is 0.0134. The van der Waals surface area contributed by atoms with Crippen LogP contribution in [0.4, 0.5) is 4.79 Å². The van der Waals surface area contributed by atoms with Crippen LogP contribution in [-0.4, -0.2) is 55.1 Å². The number of carboxylic acid groups (broad SMARTS) is 1. The normalized spacial score (nSPS) is 23.7. The van der Waals surface area contributed by atoms with Crippen molar-refractivity contribution in [3.05, 3.63) is 0 Å². The van der Waals surface area contributed by atoms with Crippen LogP contribution in [0.15, 0.2) is 0 Å². The number of aliphatic carboxylic acids is 1. The predicted octanol–water partition coefficient (Wildman–Crippen LogP) is -0.0457. The Hall–Kier alpha value is -1.34. The molecule has 1 unspecified atom stereocenters. The molecule has 0 spiro atoms. The van der Waals surface area contributed by atoms with Crippen LogP contribution in [0, 0.1) is 0 Å². The van der Waals surface area contributed by atoms with Crippen LogP contribution in [-0.2, 0) is 14.3 Å². The molecule has 0 aromatic carbocycles. The van der Waals surface area contributed by atoms with Crippen LogP contribution in [0.5, 0.6) is 0 Å². The van der Waals surface area contributed by atoms with E-state index in [2.05, 4.69) is 10.6 Å². The van der Waals surface area contributed by atoms with Gasteiger partial charge in [-0.05, 0) is 13.8 Å². The van der Waals surface area contributed by atoms with E-state index in [1.807, 2.05) is 0 Å². The van der Waals surface area contributed by atoms with Crippen LogP contribution in [0.25, 0.3) is 0 Å². The summed E-state index contributed by atoms with van der Waals surface area (Å²) < 4.78 is 10.0. The van der Waals surface area contributed by atoms with Gasteiger partial charge in [-0.2, -0.15) is 0 Å². The second-order valence-corrected chi connectivity index (χ2v) is 5.09. The topological polar surface area (TPSA) is 96.9 Å². The molecule has 18 heavy (non-hydrogen) atoms. The summed E-state index contributed by atoms with van der Waals surface area (Å²) in [6, 6.07) is -0.537. The van der Waals surface area contributed by atoms with Crippen LogP contribution in [0.1, 0.15) is 20.3 Å². The van der Waals surface area contributed by atoms with Gasteiger partial charge in [0.15, 0.2) is 5.54 Å². The lowest BCUT2D eigenvalue weighted by Crippen LogP contribution is -2.61. The molecule has 7 nitrogen and oxygen atoms in total. The average molecular weight is 260 g/mol. The molecule has 1 aliphatic rings. The van der Waals surface area contributed by atoms with Crippen molar-refractivity contribution in [3.8, 4) is 0 Å². The summed E-state index contributed by atoms with van der Waals surface area (Å²) in [6.07, 6.45) is 0.264.